The second-order valence-corrected chi connectivity index (χ2v) is 20.2. The van der Waals surface area contributed by atoms with Crippen molar-refractivity contribution in [2.24, 2.45) is 0 Å². The van der Waals surface area contributed by atoms with Crippen LogP contribution in [0.5, 0.6) is 11.5 Å². The van der Waals surface area contributed by atoms with Gasteiger partial charge in [0.15, 0.2) is 0 Å². The Labute approximate surface area is 227 Å². The molecule has 1 saturated heterocycles. The summed E-state index contributed by atoms with van der Waals surface area (Å²) >= 11 is -3.33. The summed E-state index contributed by atoms with van der Waals surface area (Å²) in [4.78, 5) is 0. The number of hydrogen-bond acceptors (Lipinski definition) is 2. The quantitative estimate of drug-likeness (QED) is 0.179. The van der Waals surface area contributed by atoms with Gasteiger partial charge in [0.2, 0.25) is 0 Å². The molecule has 0 unspecified atom stereocenters. The van der Waals surface area contributed by atoms with Gasteiger partial charge in [-0.1, -0.05) is 0 Å². The van der Waals surface area contributed by atoms with E-state index in [-0.39, 0.29) is 0 Å². The van der Waals surface area contributed by atoms with Crippen molar-refractivity contribution < 1.29 is 6.15 Å². The Morgan fingerprint density at radius 1 is 0.556 bits per heavy atom. The fourth-order valence-corrected chi connectivity index (χ4v) is 15.3. The molecule has 36 heavy (non-hydrogen) atoms. The summed E-state index contributed by atoms with van der Waals surface area (Å²) in [6, 6.07) is 14.1. The van der Waals surface area contributed by atoms with Crippen molar-refractivity contribution in [3.63, 3.8) is 0 Å². The molecule has 0 N–H and O–H groups in total. The summed E-state index contributed by atoms with van der Waals surface area (Å²) in [5.41, 5.74) is 5.76. The van der Waals surface area contributed by atoms with Gasteiger partial charge in [-0.3, -0.25) is 0 Å². The second-order valence-electron chi connectivity index (χ2n) is 11.0. The maximum absolute atomic E-state index is 7.18. The molecule has 3 heteroatoms. The van der Waals surface area contributed by atoms with Gasteiger partial charge in [0.1, 0.15) is 0 Å². The van der Waals surface area contributed by atoms with Crippen molar-refractivity contribution in [2.45, 2.75) is 133 Å². The molecule has 0 aromatic heterocycles. The molecule has 1 heterocycles. The van der Waals surface area contributed by atoms with E-state index in [1.165, 1.54) is 115 Å². The minimum absolute atomic E-state index is 1.11. The summed E-state index contributed by atoms with van der Waals surface area (Å²) in [6.07, 6.45) is 18.3. The SMILES string of the molecule is CCCCc1ccc([O][Sn]2([O]c3ccc(CCCC)cc3CCCC)[CH2]CCC[CH2]2)c(CCCC)c1. The molecular formula is C33H52O2Sn. The second kappa shape index (κ2) is 15.9. The maximum atomic E-state index is 7.18. The number of rotatable bonds is 16. The average Bonchev–Trinajstić information content (AvgIpc) is 2.90. The van der Waals surface area contributed by atoms with Crippen molar-refractivity contribution in [1.82, 2.24) is 0 Å². The van der Waals surface area contributed by atoms with Crippen LogP contribution in [-0.2, 0) is 25.7 Å². The molecule has 1 fully saturated rings. The molecule has 0 saturated carbocycles. The molecular weight excluding hydrogens is 547 g/mol. The van der Waals surface area contributed by atoms with Gasteiger partial charge < -0.3 is 0 Å². The molecule has 0 amide bonds. The Balaban J connectivity index is 1.89. The molecule has 2 aromatic carbocycles. The third-order valence-corrected chi connectivity index (χ3v) is 17.4. The van der Waals surface area contributed by atoms with Gasteiger partial charge in [-0.25, -0.2) is 0 Å². The van der Waals surface area contributed by atoms with E-state index in [0.717, 1.165) is 24.3 Å². The fraction of sp³-hybridized carbons (Fsp3) is 0.636. The van der Waals surface area contributed by atoms with Gasteiger partial charge in [0.25, 0.3) is 0 Å². The first-order valence-electron chi connectivity index (χ1n) is 15.2. The zero-order chi connectivity index (χ0) is 25.6. The van der Waals surface area contributed by atoms with Crippen LogP contribution in [-0.4, -0.2) is 19.2 Å². The van der Waals surface area contributed by atoms with E-state index in [2.05, 4.69) is 64.1 Å². The monoisotopic (exact) mass is 600 g/mol. The van der Waals surface area contributed by atoms with Crippen LogP contribution in [0.2, 0.25) is 8.87 Å². The number of benzene rings is 2. The number of hydrogen-bond donors (Lipinski definition) is 0. The summed E-state index contributed by atoms with van der Waals surface area (Å²) < 4.78 is 16.7. The topological polar surface area (TPSA) is 18.5 Å². The Morgan fingerprint density at radius 2 is 0.972 bits per heavy atom. The third-order valence-electron chi connectivity index (χ3n) is 7.69. The van der Waals surface area contributed by atoms with E-state index in [4.69, 9.17) is 6.15 Å². The van der Waals surface area contributed by atoms with Crippen LogP contribution in [0.3, 0.4) is 0 Å². The molecule has 0 aliphatic carbocycles. The van der Waals surface area contributed by atoms with Crippen LogP contribution < -0.4 is 6.15 Å². The average molecular weight is 599 g/mol. The van der Waals surface area contributed by atoms with Crippen LogP contribution in [0.15, 0.2) is 36.4 Å². The summed E-state index contributed by atoms with van der Waals surface area (Å²) in [5.74, 6) is 2.27. The van der Waals surface area contributed by atoms with E-state index in [9.17, 15) is 0 Å². The first-order valence-corrected chi connectivity index (χ1v) is 21.6. The summed E-state index contributed by atoms with van der Waals surface area (Å²) in [6.45, 7) is 9.13. The van der Waals surface area contributed by atoms with Gasteiger partial charge in [-0.05, 0) is 0 Å². The molecule has 2 aromatic rings. The third kappa shape index (κ3) is 8.99. The predicted octanol–water partition coefficient (Wildman–Crippen LogP) is 10.1. The fourth-order valence-electron chi connectivity index (χ4n) is 5.38. The minimum atomic E-state index is -3.33. The van der Waals surface area contributed by atoms with E-state index in [1.807, 2.05) is 0 Å². The van der Waals surface area contributed by atoms with Gasteiger partial charge in [0, 0.05) is 0 Å². The molecule has 2 nitrogen and oxygen atoms in total. The molecule has 0 bridgehead atoms. The molecule has 3 rings (SSSR count). The molecule has 0 radical (unpaired) electrons. The predicted molar refractivity (Wildman–Crippen MR) is 158 cm³/mol. The Kier molecular flexibility index (Phi) is 13.0. The number of unbranched alkanes of at least 4 members (excludes halogenated alkanes) is 4. The van der Waals surface area contributed by atoms with E-state index in [0.29, 0.717) is 0 Å². The van der Waals surface area contributed by atoms with Crippen LogP contribution in [0, 0.1) is 0 Å². The van der Waals surface area contributed by atoms with Gasteiger partial charge >= 0.3 is 228 Å². The summed E-state index contributed by atoms with van der Waals surface area (Å²) in [5, 5.41) is 0. The Hall–Kier alpha value is -1.16. The van der Waals surface area contributed by atoms with E-state index >= 15 is 0 Å². The van der Waals surface area contributed by atoms with Crippen LogP contribution >= 0.6 is 0 Å². The van der Waals surface area contributed by atoms with Crippen LogP contribution in [0.4, 0.5) is 0 Å². The van der Waals surface area contributed by atoms with Crippen LogP contribution in [0.25, 0.3) is 0 Å². The van der Waals surface area contributed by atoms with Crippen LogP contribution in [0.1, 0.15) is 121 Å². The zero-order valence-corrected chi connectivity index (χ0v) is 26.7. The van der Waals surface area contributed by atoms with Crippen molar-refractivity contribution in [3.05, 3.63) is 58.7 Å². The van der Waals surface area contributed by atoms with E-state index < -0.39 is 19.2 Å². The van der Waals surface area contributed by atoms with Gasteiger partial charge in [-0.15, -0.1) is 0 Å². The molecule has 1 aliphatic rings. The normalized spacial score (nSPS) is 15.1. The molecule has 200 valence electrons. The number of aryl methyl sites for hydroxylation is 4. The Bertz CT molecular complexity index is 833. The molecule has 0 atom stereocenters. The first-order chi connectivity index (χ1) is 17.6. The van der Waals surface area contributed by atoms with Gasteiger partial charge in [-0.2, -0.15) is 0 Å². The molecule has 1 aliphatic heterocycles. The first kappa shape index (κ1) is 29.4. The van der Waals surface area contributed by atoms with Crippen molar-refractivity contribution in [1.29, 1.82) is 0 Å². The molecule has 0 spiro atoms. The zero-order valence-electron chi connectivity index (χ0n) is 23.8. The Morgan fingerprint density at radius 3 is 1.39 bits per heavy atom. The van der Waals surface area contributed by atoms with Crippen molar-refractivity contribution >= 4 is 19.2 Å². The summed E-state index contributed by atoms with van der Waals surface area (Å²) in [7, 11) is 0. The van der Waals surface area contributed by atoms with Gasteiger partial charge in [0.05, 0.1) is 0 Å². The standard InChI is InChI=1S/2C14H22O.C5H10.Sn/c2*1-3-5-7-12-9-10-14(15)13(11-12)8-6-4-2;1-3-5-4-2;/h2*9-11,15H,3-8H2,1-2H3;1-5H2;/q;;;+2/p-2. The van der Waals surface area contributed by atoms with Crippen molar-refractivity contribution in [2.75, 3.05) is 0 Å². The van der Waals surface area contributed by atoms with E-state index in [1.54, 1.807) is 0 Å². The van der Waals surface area contributed by atoms with Crippen molar-refractivity contribution in [3.8, 4) is 11.5 Å².